The second kappa shape index (κ2) is 5.65. The summed E-state index contributed by atoms with van der Waals surface area (Å²) < 4.78 is 15.7. The van der Waals surface area contributed by atoms with Crippen molar-refractivity contribution in [2.45, 2.75) is 27.1 Å². The Hall–Kier alpha value is -1.16. The predicted octanol–water partition coefficient (Wildman–Crippen LogP) is 4.44. The van der Waals surface area contributed by atoms with Gasteiger partial charge < -0.3 is 0 Å². The molecule has 1 aromatic heterocycles. The Morgan fingerprint density at radius 2 is 1.94 bits per heavy atom. The van der Waals surface area contributed by atoms with Crippen LogP contribution in [0.1, 0.15) is 19.5 Å². The standard InChI is InChI=1S/C14H16BrFN2/c1-10(2)9-18-14(7-13(8-16)17-18)11-3-5-12(15)6-4-11/h3-7,10H,8-9H2,1-2H3. The predicted molar refractivity (Wildman–Crippen MR) is 75.0 cm³/mol. The zero-order chi connectivity index (χ0) is 13.1. The molecule has 0 fully saturated rings. The van der Waals surface area contributed by atoms with Crippen molar-refractivity contribution in [1.29, 1.82) is 0 Å². The number of benzene rings is 1. The summed E-state index contributed by atoms with van der Waals surface area (Å²) in [5.74, 6) is 0.478. The smallest absolute Gasteiger partial charge is 0.133 e. The van der Waals surface area contributed by atoms with Crippen LogP contribution in [0.25, 0.3) is 11.3 Å². The van der Waals surface area contributed by atoms with E-state index in [0.29, 0.717) is 11.6 Å². The van der Waals surface area contributed by atoms with Gasteiger partial charge in [-0.2, -0.15) is 5.10 Å². The zero-order valence-electron chi connectivity index (χ0n) is 10.5. The van der Waals surface area contributed by atoms with Crippen LogP contribution in [0.5, 0.6) is 0 Å². The maximum Gasteiger partial charge on any atom is 0.133 e. The van der Waals surface area contributed by atoms with Crippen LogP contribution in [0.2, 0.25) is 0 Å². The number of hydrogen-bond donors (Lipinski definition) is 0. The zero-order valence-corrected chi connectivity index (χ0v) is 12.1. The van der Waals surface area contributed by atoms with Gasteiger partial charge in [-0.05, 0) is 29.7 Å². The molecule has 2 nitrogen and oxygen atoms in total. The molecule has 0 bridgehead atoms. The molecule has 2 rings (SSSR count). The van der Waals surface area contributed by atoms with Crippen molar-refractivity contribution in [2.75, 3.05) is 0 Å². The van der Waals surface area contributed by atoms with Crippen LogP contribution >= 0.6 is 15.9 Å². The second-order valence-corrected chi connectivity index (χ2v) is 5.65. The highest BCUT2D eigenvalue weighted by atomic mass is 79.9. The second-order valence-electron chi connectivity index (χ2n) is 4.74. The maximum atomic E-state index is 12.8. The van der Waals surface area contributed by atoms with Crippen molar-refractivity contribution in [2.24, 2.45) is 5.92 Å². The Morgan fingerprint density at radius 3 is 2.50 bits per heavy atom. The summed E-state index contributed by atoms with van der Waals surface area (Å²) >= 11 is 3.41. The van der Waals surface area contributed by atoms with Crippen LogP contribution in [0.3, 0.4) is 0 Å². The molecule has 0 amide bonds. The number of halogens is 2. The largest absolute Gasteiger partial charge is 0.264 e. The summed E-state index contributed by atoms with van der Waals surface area (Å²) in [7, 11) is 0. The van der Waals surface area contributed by atoms with Crippen LogP contribution in [0, 0.1) is 5.92 Å². The molecule has 1 aromatic carbocycles. The van der Waals surface area contributed by atoms with Crippen molar-refractivity contribution < 1.29 is 4.39 Å². The van der Waals surface area contributed by atoms with Gasteiger partial charge in [0.2, 0.25) is 0 Å². The first-order valence-corrected chi connectivity index (χ1v) is 6.78. The van der Waals surface area contributed by atoms with Gasteiger partial charge in [-0.1, -0.05) is 41.9 Å². The third-order valence-electron chi connectivity index (χ3n) is 2.65. The first-order chi connectivity index (χ1) is 8.60. The van der Waals surface area contributed by atoms with E-state index in [2.05, 4.69) is 34.9 Å². The fraction of sp³-hybridized carbons (Fsp3) is 0.357. The number of hydrogen-bond acceptors (Lipinski definition) is 1. The Labute approximate surface area is 115 Å². The van der Waals surface area contributed by atoms with Gasteiger partial charge in [0.1, 0.15) is 6.67 Å². The monoisotopic (exact) mass is 310 g/mol. The molecule has 4 heteroatoms. The quantitative estimate of drug-likeness (QED) is 0.816. The highest BCUT2D eigenvalue weighted by molar-refractivity contribution is 9.10. The molecule has 0 saturated carbocycles. The highest BCUT2D eigenvalue weighted by Crippen LogP contribution is 2.24. The summed E-state index contributed by atoms with van der Waals surface area (Å²) in [6, 6.07) is 9.82. The number of nitrogens with zero attached hydrogens (tertiary/aromatic N) is 2. The molecule has 0 aliphatic rings. The average molecular weight is 311 g/mol. The van der Waals surface area contributed by atoms with E-state index in [4.69, 9.17) is 0 Å². The lowest BCUT2D eigenvalue weighted by Crippen LogP contribution is -2.07. The van der Waals surface area contributed by atoms with Crippen molar-refractivity contribution in [3.05, 3.63) is 40.5 Å². The van der Waals surface area contributed by atoms with E-state index in [1.807, 2.05) is 35.0 Å². The van der Waals surface area contributed by atoms with Gasteiger partial charge in [0.05, 0.1) is 11.4 Å². The molecule has 0 radical (unpaired) electrons. The molecular formula is C14H16BrFN2. The van der Waals surface area contributed by atoms with E-state index >= 15 is 0 Å². The van der Waals surface area contributed by atoms with Crippen LogP contribution in [-0.4, -0.2) is 9.78 Å². The molecule has 18 heavy (non-hydrogen) atoms. The van der Waals surface area contributed by atoms with Crippen LogP contribution < -0.4 is 0 Å². The van der Waals surface area contributed by atoms with E-state index in [-0.39, 0.29) is 0 Å². The average Bonchev–Trinajstić information content (AvgIpc) is 2.72. The summed E-state index contributed by atoms with van der Waals surface area (Å²) in [6.07, 6.45) is 0. The maximum absolute atomic E-state index is 12.8. The van der Waals surface area contributed by atoms with E-state index in [1.165, 1.54) is 0 Å². The summed E-state index contributed by atoms with van der Waals surface area (Å²) in [5, 5.41) is 4.30. The van der Waals surface area contributed by atoms with E-state index in [0.717, 1.165) is 22.3 Å². The van der Waals surface area contributed by atoms with Crippen LogP contribution in [0.4, 0.5) is 4.39 Å². The van der Waals surface area contributed by atoms with Crippen molar-refractivity contribution in [3.63, 3.8) is 0 Å². The molecule has 0 spiro atoms. The summed E-state index contributed by atoms with van der Waals surface area (Å²) in [5.41, 5.74) is 2.53. The van der Waals surface area contributed by atoms with Crippen LogP contribution in [0.15, 0.2) is 34.8 Å². The van der Waals surface area contributed by atoms with Crippen LogP contribution in [-0.2, 0) is 13.2 Å². The molecule has 0 atom stereocenters. The first kappa shape index (κ1) is 13.3. The lowest BCUT2D eigenvalue weighted by atomic mass is 10.1. The summed E-state index contributed by atoms with van der Waals surface area (Å²) in [4.78, 5) is 0. The van der Waals surface area contributed by atoms with Crippen molar-refractivity contribution in [3.8, 4) is 11.3 Å². The molecule has 0 aliphatic heterocycles. The van der Waals surface area contributed by atoms with Gasteiger partial charge in [0.15, 0.2) is 0 Å². The number of alkyl halides is 1. The molecular weight excluding hydrogens is 295 g/mol. The molecule has 2 aromatic rings. The van der Waals surface area contributed by atoms with Gasteiger partial charge in [0, 0.05) is 11.0 Å². The first-order valence-electron chi connectivity index (χ1n) is 5.98. The Kier molecular flexibility index (Phi) is 4.17. The van der Waals surface area contributed by atoms with E-state index < -0.39 is 6.67 Å². The van der Waals surface area contributed by atoms with Crippen molar-refractivity contribution in [1.82, 2.24) is 9.78 Å². The molecule has 0 N–H and O–H groups in total. The van der Waals surface area contributed by atoms with Crippen molar-refractivity contribution >= 4 is 15.9 Å². The molecule has 0 saturated heterocycles. The fourth-order valence-electron chi connectivity index (χ4n) is 1.87. The Bertz CT molecular complexity index is 517. The topological polar surface area (TPSA) is 17.8 Å². The molecule has 0 unspecified atom stereocenters. The molecule has 0 aliphatic carbocycles. The number of aromatic nitrogens is 2. The fourth-order valence-corrected chi connectivity index (χ4v) is 2.14. The van der Waals surface area contributed by atoms with Gasteiger partial charge in [-0.3, -0.25) is 4.68 Å². The summed E-state index contributed by atoms with van der Waals surface area (Å²) in [6.45, 7) is 4.53. The lowest BCUT2D eigenvalue weighted by Gasteiger charge is -2.09. The number of rotatable bonds is 4. The minimum absolute atomic E-state index is 0.478. The third-order valence-corrected chi connectivity index (χ3v) is 3.17. The van der Waals surface area contributed by atoms with Gasteiger partial charge in [-0.25, -0.2) is 4.39 Å². The Morgan fingerprint density at radius 1 is 1.28 bits per heavy atom. The highest BCUT2D eigenvalue weighted by Gasteiger charge is 2.11. The lowest BCUT2D eigenvalue weighted by molar-refractivity contribution is 0.449. The third kappa shape index (κ3) is 2.99. The SMILES string of the molecule is CC(C)Cn1nc(CF)cc1-c1ccc(Br)cc1. The van der Waals surface area contributed by atoms with E-state index in [1.54, 1.807) is 0 Å². The molecule has 1 heterocycles. The minimum Gasteiger partial charge on any atom is -0.264 e. The minimum atomic E-state index is -0.519. The Balaban J connectivity index is 2.41. The normalized spacial score (nSPS) is 11.2. The van der Waals surface area contributed by atoms with E-state index in [9.17, 15) is 4.39 Å². The van der Waals surface area contributed by atoms with Gasteiger partial charge in [0.25, 0.3) is 0 Å². The van der Waals surface area contributed by atoms with Gasteiger partial charge >= 0.3 is 0 Å². The van der Waals surface area contributed by atoms with Gasteiger partial charge in [-0.15, -0.1) is 0 Å². The molecule has 96 valence electrons.